The molecule has 0 saturated carbocycles. The summed E-state index contributed by atoms with van der Waals surface area (Å²) in [7, 11) is 0. The zero-order chi connectivity index (χ0) is 17.1. The Morgan fingerprint density at radius 1 is 1.25 bits per heavy atom. The fourth-order valence-corrected chi connectivity index (χ4v) is 3.13. The van der Waals surface area contributed by atoms with E-state index in [2.05, 4.69) is 22.1 Å². The Hall–Kier alpha value is -1.78. The molecular formula is C18H19Cl2N3O. The molecule has 1 aliphatic heterocycles. The molecule has 4 nitrogen and oxygen atoms in total. The number of anilines is 2. The van der Waals surface area contributed by atoms with Crippen LogP contribution in [-0.4, -0.2) is 24.0 Å². The number of hydrogen-bond acceptors (Lipinski definition) is 3. The van der Waals surface area contributed by atoms with Gasteiger partial charge in [0.25, 0.3) is 5.91 Å². The Morgan fingerprint density at radius 3 is 2.75 bits per heavy atom. The summed E-state index contributed by atoms with van der Waals surface area (Å²) in [6.45, 7) is 4.26. The first-order chi connectivity index (χ1) is 11.5. The number of hydrogen-bond donors (Lipinski definition) is 1. The van der Waals surface area contributed by atoms with E-state index in [1.807, 2.05) is 6.07 Å². The molecule has 0 atom stereocenters. The van der Waals surface area contributed by atoms with Crippen molar-refractivity contribution in [2.45, 2.75) is 19.8 Å². The lowest BCUT2D eigenvalue weighted by Crippen LogP contribution is -2.33. The number of nitrogens with one attached hydrogen (secondary N) is 1. The van der Waals surface area contributed by atoms with Crippen LogP contribution in [-0.2, 0) is 0 Å². The van der Waals surface area contributed by atoms with Gasteiger partial charge in [-0.3, -0.25) is 9.78 Å². The van der Waals surface area contributed by atoms with E-state index in [1.165, 1.54) is 0 Å². The monoisotopic (exact) mass is 363 g/mol. The molecule has 0 radical (unpaired) electrons. The maximum absolute atomic E-state index is 12.5. The second-order valence-electron chi connectivity index (χ2n) is 6.16. The molecule has 2 aromatic rings. The second-order valence-corrected chi connectivity index (χ2v) is 6.94. The van der Waals surface area contributed by atoms with Crippen LogP contribution < -0.4 is 10.2 Å². The molecule has 1 aliphatic rings. The molecule has 0 bridgehead atoms. The van der Waals surface area contributed by atoms with Gasteiger partial charge in [-0.05, 0) is 37.0 Å². The molecule has 1 aromatic carbocycles. The first-order valence-electron chi connectivity index (χ1n) is 8.00. The molecular weight excluding hydrogens is 345 g/mol. The van der Waals surface area contributed by atoms with Crippen LogP contribution >= 0.6 is 23.2 Å². The molecule has 1 amide bonds. The van der Waals surface area contributed by atoms with Crippen molar-refractivity contribution in [1.29, 1.82) is 0 Å². The molecule has 1 N–H and O–H groups in total. The number of amides is 1. The van der Waals surface area contributed by atoms with E-state index in [0.717, 1.165) is 37.5 Å². The van der Waals surface area contributed by atoms with Crippen molar-refractivity contribution >= 4 is 40.5 Å². The SMILES string of the molecule is CC1CCN(c2cncc(C(=O)Nc3cccc(Cl)c3Cl)c2)CC1. The summed E-state index contributed by atoms with van der Waals surface area (Å²) < 4.78 is 0. The number of carbonyl (C=O) groups excluding carboxylic acids is 1. The van der Waals surface area contributed by atoms with Gasteiger partial charge in [-0.15, -0.1) is 0 Å². The van der Waals surface area contributed by atoms with Gasteiger partial charge in [-0.2, -0.15) is 0 Å². The highest BCUT2D eigenvalue weighted by atomic mass is 35.5. The van der Waals surface area contributed by atoms with Gasteiger partial charge < -0.3 is 10.2 Å². The molecule has 24 heavy (non-hydrogen) atoms. The molecule has 1 saturated heterocycles. The number of nitrogens with zero attached hydrogens (tertiary/aromatic N) is 2. The number of aromatic nitrogens is 1. The van der Waals surface area contributed by atoms with E-state index in [1.54, 1.807) is 30.6 Å². The number of piperidine rings is 1. The van der Waals surface area contributed by atoms with Crippen LogP contribution in [0.3, 0.4) is 0 Å². The zero-order valence-electron chi connectivity index (χ0n) is 13.4. The van der Waals surface area contributed by atoms with Gasteiger partial charge >= 0.3 is 0 Å². The summed E-state index contributed by atoms with van der Waals surface area (Å²) >= 11 is 12.1. The topological polar surface area (TPSA) is 45.2 Å². The highest BCUT2D eigenvalue weighted by Gasteiger charge is 2.18. The van der Waals surface area contributed by atoms with Crippen LogP contribution in [0.1, 0.15) is 30.1 Å². The summed E-state index contributed by atoms with van der Waals surface area (Å²) in [5.74, 6) is 0.504. The molecule has 1 fully saturated rings. The summed E-state index contributed by atoms with van der Waals surface area (Å²) in [6.07, 6.45) is 5.69. The number of halogens is 2. The average Bonchev–Trinajstić information content (AvgIpc) is 2.60. The molecule has 0 unspecified atom stereocenters. The minimum Gasteiger partial charge on any atom is -0.370 e. The minimum absolute atomic E-state index is 0.251. The lowest BCUT2D eigenvalue weighted by molar-refractivity contribution is 0.102. The van der Waals surface area contributed by atoms with Crippen molar-refractivity contribution < 1.29 is 4.79 Å². The Labute approximate surface area is 151 Å². The van der Waals surface area contributed by atoms with E-state index in [9.17, 15) is 4.79 Å². The quantitative estimate of drug-likeness (QED) is 0.845. The fourth-order valence-electron chi connectivity index (χ4n) is 2.79. The first-order valence-corrected chi connectivity index (χ1v) is 8.75. The van der Waals surface area contributed by atoms with Crippen molar-refractivity contribution in [2.75, 3.05) is 23.3 Å². The van der Waals surface area contributed by atoms with Crippen LogP contribution in [0.4, 0.5) is 11.4 Å². The fraction of sp³-hybridized carbons (Fsp3) is 0.333. The Balaban J connectivity index is 1.76. The molecule has 126 valence electrons. The van der Waals surface area contributed by atoms with E-state index >= 15 is 0 Å². The standard InChI is InChI=1S/C18H19Cl2N3O/c1-12-5-7-23(8-6-12)14-9-13(10-21-11-14)18(24)22-16-4-2-3-15(19)17(16)20/h2-4,9-12H,5-8H2,1H3,(H,22,24). The predicted octanol–water partition coefficient (Wildman–Crippen LogP) is 4.88. The van der Waals surface area contributed by atoms with Crippen molar-refractivity contribution in [3.05, 3.63) is 52.3 Å². The van der Waals surface area contributed by atoms with Gasteiger partial charge in [0.2, 0.25) is 0 Å². The average molecular weight is 364 g/mol. The van der Waals surface area contributed by atoms with Crippen LogP contribution in [0.2, 0.25) is 10.0 Å². The van der Waals surface area contributed by atoms with Gasteiger partial charge in [0, 0.05) is 19.3 Å². The number of pyridine rings is 1. The van der Waals surface area contributed by atoms with E-state index in [0.29, 0.717) is 21.3 Å². The lowest BCUT2D eigenvalue weighted by atomic mass is 9.99. The van der Waals surface area contributed by atoms with Crippen LogP contribution in [0.5, 0.6) is 0 Å². The summed E-state index contributed by atoms with van der Waals surface area (Å²) in [4.78, 5) is 19.0. The molecule has 2 heterocycles. The van der Waals surface area contributed by atoms with E-state index in [-0.39, 0.29) is 5.91 Å². The number of carbonyl (C=O) groups is 1. The summed E-state index contributed by atoms with van der Waals surface area (Å²) in [6, 6.07) is 7.01. The van der Waals surface area contributed by atoms with Gasteiger partial charge in [0.05, 0.1) is 33.2 Å². The second kappa shape index (κ2) is 7.41. The largest absolute Gasteiger partial charge is 0.370 e. The van der Waals surface area contributed by atoms with Crippen molar-refractivity contribution in [3.8, 4) is 0 Å². The zero-order valence-corrected chi connectivity index (χ0v) is 14.9. The van der Waals surface area contributed by atoms with Crippen LogP contribution in [0.15, 0.2) is 36.7 Å². The summed E-state index contributed by atoms with van der Waals surface area (Å²) in [5.41, 5.74) is 1.97. The first kappa shape index (κ1) is 17.1. The van der Waals surface area contributed by atoms with E-state index in [4.69, 9.17) is 23.2 Å². The molecule has 0 spiro atoms. The normalized spacial score (nSPS) is 15.4. The van der Waals surface area contributed by atoms with Crippen molar-refractivity contribution in [3.63, 3.8) is 0 Å². The molecule has 0 aliphatic carbocycles. The number of benzene rings is 1. The highest BCUT2D eigenvalue weighted by molar-refractivity contribution is 6.44. The third-order valence-corrected chi connectivity index (χ3v) is 5.15. The minimum atomic E-state index is -0.251. The maximum Gasteiger partial charge on any atom is 0.257 e. The maximum atomic E-state index is 12.5. The Bertz CT molecular complexity index is 743. The lowest BCUT2D eigenvalue weighted by Gasteiger charge is -2.32. The Morgan fingerprint density at radius 2 is 2.00 bits per heavy atom. The van der Waals surface area contributed by atoms with Gasteiger partial charge in [-0.1, -0.05) is 36.2 Å². The smallest absolute Gasteiger partial charge is 0.257 e. The Kier molecular flexibility index (Phi) is 5.27. The van der Waals surface area contributed by atoms with Crippen molar-refractivity contribution in [2.24, 2.45) is 5.92 Å². The highest BCUT2D eigenvalue weighted by Crippen LogP contribution is 2.30. The number of rotatable bonds is 3. The van der Waals surface area contributed by atoms with E-state index < -0.39 is 0 Å². The summed E-state index contributed by atoms with van der Waals surface area (Å²) in [5, 5.41) is 3.53. The third-order valence-electron chi connectivity index (χ3n) is 4.33. The van der Waals surface area contributed by atoms with Gasteiger partial charge in [0.1, 0.15) is 0 Å². The molecule has 3 rings (SSSR count). The van der Waals surface area contributed by atoms with Gasteiger partial charge in [0.15, 0.2) is 0 Å². The third kappa shape index (κ3) is 3.82. The molecule has 6 heteroatoms. The predicted molar refractivity (Wildman–Crippen MR) is 99.3 cm³/mol. The van der Waals surface area contributed by atoms with Crippen molar-refractivity contribution in [1.82, 2.24) is 4.98 Å². The van der Waals surface area contributed by atoms with Crippen LogP contribution in [0, 0.1) is 5.92 Å². The van der Waals surface area contributed by atoms with Gasteiger partial charge in [-0.25, -0.2) is 0 Å². The molecule has 1 aromatic heterocycles. The van der Waals surface area contributed by atoms with Crippen LogP contribution in [0.25, 0.3) is 0 Å².